The second-order valence-electron chi connectivity index (χ2n) is 8.55. The smallest absolute Gasteiger partial charge is 0.291 e. The zero-order chi connectivity index (χ0) is 20.6. The number of hydrogen-bond acceptors (Lipinski definition) is 4. The SMILES string of the molecule is COc1ccc2c(c1)[C@]1(C(=O)N2)[C@@H]2C(=O)N(c3ccccc3)C(=O)[C@@H]2[C@@H]2CCC[NH+]21. The Bertz CT molecular complexity index is 1100. The maximum absolute atomic E-state index is 13.8. The van der Waals surface area contributed by atoms with Crippen LogP contribution >= 0.6 is 0 Å². The number of benzene rings is 2. The van der Waals surface area contributed by atoms with Crippen molar-refractivity contribution in [3.8, 4) is 5.75 Å². The molecule has 0 radical (unpaired) electrons. The van der Waals surface area contributed by atoms with E-state index in [1.165, 1.54) is 4.90 Å². The van der Waals surface area contributed by atoms with Crippen LogP contribution in [-0.2, 0) is 19.9 Å². The maximum Gasteiger partial charge on any atom is 0.291 e. The van der Waals surface area contributed by atoms with E-state index in [0.29, 0.717) is 17.1 Å². The average molecular weight is 404 g/mol. The number of carbonyl (C=O) groups is 3. The molecule has 2 aromatic carbocycles. The van der Waals surface area contributed by atoms with Crippen LogP contribution in [0.2, 0.25) is 0 Å². The number of nitrogens with zero attached hydrogens (tertiary/aromatic N) is 1. The number of imide groups is 1. The van der Waals surface area contributed by atoms with E-state index in [4.69, 9.17) is 4.74 Å². The van der Waals surface area contributed by atoms with Gasteiger partial charge in [0.2, 0.25) is 17.4 Å². The van der Waals surface area contributed by atoms with Crippen molar-refractivity contribution in [2.45, 2.75) is 24.4 Å². The molecule has 1 unspecified atom stereocenters. The number of fused-ring (bicyclic) bond motifs is 7. The Morgan fingerprint density at radius 1 is 1.10 bits per heavy atom. The molecule has 3 fully saturated rings. The molecule has 0 aliphatic carbocycles. The van der Waals surface area contributed by atoms with Gasteiger partial charge in [-0.3, -0.25) is 14.4 Å². The van der Waals surface area contributed by atoms with Crippen LogP contribution in [0.3, 0.4) is 0 Å². The quantitative estimate of drug-likeness (QED) is 0.723. The molecule has 5 atom stereocenters. The van der Waals surface area contributed by atoms with Gasteiger partial charge in [0.05, 0.1) is 30.6 Å². The molecule has 7 heteroatoms. The van der Waals surface area contributed by atoms with Crippen LogP contribution in [-0.4, -0.2) is 37.4 Å². The minimum atomic E-state index is -1.09. The second-order valence-corrected chi connectivity index (χ2v) is 8.55. The molecular formula is C23H22N3O4+. The molecule has 4 heterocycles. The fourth-order valence-corrected chi connectivity index (χ4v) is 6.40. The van der Waals surface area contributed by atoms with Gasteiger partial charge >= 0.3 is 0 Å². The first-order chi connectivity index (χ1) is 14.6. The highest BCUT2D eigenvalue weighted by molar-refractivity contribution is 6.25. The molecule has 6 rings (SSSR count). The van der Waals surface area contributed by atoms with E-state index in [0.717, 1.165) is 29.8 Å². The number of amides is 3. The summed E-state index contributed by atoms with van der Waals surface area (Å²) in [5.41, 5.74) is 0.961. The number of nitrogens with one attached hydrogen (secondary N) is 2. The van der Waals surface area contributed by atoms with Gasteiger partial charge in [-0.15, -0.1) is 0 Å². The summed E-state index contributed by atoms with van der Waals surface area (Å²) in [6.07, 6.45) is 1.77. The second kappa shape index (κ2) is 5.92. The van der Waals surface area contributed by atoms with Crippen LogP contribution in [0.15, 0.2) is 48.5 Å². The lowest BCUT2D eigenvalue weighted by Gasteiger charge is -2.33. The van der Waals surface area contributed by atoms with Crippen molar-refractivity contribution < 1.29 is 24.0 Å². The number of rotatable bonds is 2. The van der Waals surface area contributed by atoms with E-state index in [9.17, 15) is 14.4 Å². The number of ether oxygens (including phenoxy) is 1. The molecule has 3 amide bonds. The van der Waals surface area contributed by atoms with Crippen molar-refractivity contribution in [2.24, 2.45) is 11.8 Å². The van der Waals surface area contributed by atoms with Crippen LogP contribution in [0.25, 0.3) is 0 Å². The zero-order valence-electron chi connectivity index (χ0n) is 16.6. The van der Waals surface area contributed by atoms with Gasteiger partial charge in [-0.25, -0.2) is 4.90 Å². The molecule has 4 aliphatic rings. The lowest BCUT2D eigenvalue weighted by molar-refractivity contribution is -0.948. The molecule has 0 saturated carbocycles. The topological polar surface area (TPSA) is 80.2 Å². The Morgan fingerprint density at radius 3 is 2.67 bits per heavy atom. The lowest BCUT2D eigenvalue weighted by atomic mass is 9.75. The van der Waals surface area contributed by atoms with E-state index < -0.39 is 17.4 Å². The number of para-hydroxylation sites is 1. The predicted molar refractivity (Wildman–Crippen MR) is 108 cm³/mol. The third-order valence-corrected chi connectivity index (χ3v) is 7.44. The standard InChI is InChI=1S/C23H21N3O4/c1-30-14-9-10-16-15(12-14)23(22(29)24-16)19-18(17-8-5-11-25(17)23)20(27)26(21(19)28)13-6-3-2-4-7-13/h2-4,6-7,9-10,12,17-19H,5,8,11H2,1H3,(H,24,29)/p+1/t17-,18+,19-,23+/m0/s1. The summed E-state index contributed by atoms with van der Waals surface area (Å²) in [5.74, 6) is -1.20. The van der Waals surface area contributed by atoms with E-state index in [1.807, 2.05) is 30.3 Å². The Balaban J connectivity index is 1.57. The van der Waals surface area contributed by atoms with Crippen LogP contribution in [0.5, 0.6) is 5.75 Å². The normalized spacial score (nSPS) is 33.6. The number of hydrogen-bond donors (Lipinski definition) is 2. The number of carbonyl (C=O) groups excluding carboxylic acids is 3. The van der Waals surface area contributed by atoms with Crippen LogP contribution in [0.1, 0.15) is 18.4 Å². The van der Waals surface area contributed by atoms with Crippen molar-refractivity contribution in [3.05, 3.63) is 54.1 Å². The van der Waals surface area contributed by atoms with Crippen molar-refractivity contribution in [2.75, 3.05) is 23.9 Å². The highest BCUT2D eigenvalue weighted by Gasteiger charge is 2.78. The molecule has 1 spiro atoms. The Labute approximate surface area is 173 Å². The van der Waals surface area contributed by atoms with E-state index >= 15 is 0 Å². The largest absolute Gasteiger partial charge is 0.497 e. The van der Waals surface area contributed by atoms with E-state index in [2.05, 4.69) is 5.32 Å². The summed E-state index contributed by atoms with van der Waals surface area (Å²) in [6.45, 7) is 0.771. The van der Waals surface area contributed by atoms with Crippen molar-refractivity contribution in [3.63, 3.8) is 0 Å². The molecule has 30 heavy (non-hydrogen) atoms. The van der Waals surface area contributed by atoms with Gasteiger partial charge in [-0.1, -0.05) is 18.2 Å². The van der Waals surface area contributed by atoms with Crippen molar-refractivity contribution in [1.82, 2.24) is 0 Å². The summed E-state index contributed by atoms with van der Waals surface area (Å²) < 4.78 is 5.43. The third-order valence-electron chi connectivity index (χ3n) is 7.44. The molecule has 0 bridgehead atoms. The first-order valence-electron chi connectivity index (χ1n) is 10.4. The monoisotopic (exact) mass is 404 g/mol. The summed E-state index contributed by atoms with van der Waals surface area (Å²) in [5, 5.41) is 3.00. The van der Waals surface area contributed by atoms with Crippen LogP contribution in [0, 0.1) is 11.8 Å². The van der Waals surface area contributed by atoms with Gasteiger partial charge in [-0.2, -0.15) is 0 Å². The molecule has 2 N–H and O–H groups in total. The van der Waals surface area contributed by atoms with Crippen LogP contribution < -0.4 is 19.9 Å². The van der Waals surface area contributed by atoms with Gasteiger partial charge < -0.3 is 15.0 Å². The summed E-state index contributed by atoms with van der Waals surface area (Å²) in [6, 6.07) is 14.5. The summed E-state index contributed by atoms with van der Waals surface area (Å²) in [4.78, 5) is 43.3. The zero-order valence-corrected chi connectivity index (χ0v) is 16.6. The highest BCUT2D eigenvalue weighted by atomic mass is 16.5. The molecule has 7 nitrogen and oxygen atoms in total. The van der Waals surface area contributed by atoms with Crippen LogP contribution in [0.4, 0.5) is 11.4 Å². The van der Waals surface area contributed by atoms with Gasteiger partial charge in [0, 0.05) is 12.8 Å². The summed E-state index contributed by atoms with van der Waals surface area (Å²) in [7, 11) is 1.59. The third kappa shape index (κ3) is 1.91. The number of quaternary nitrogens is 1. The maximum atomic E-state index is 13.8. The van der Waals surface area contributed by atoms with Crippen molar-refractivity contribution in [1.29, 1.82) is 0 Å². The predicted octanol–water partition coefficient (Wildman–Crippen LogP) is 0.709. The molecule has 2 aromatic rings. The average Bonchev–Trinajstić information content (AvgIpc) is 3.46. The molecule has 3 saturated heterocycles. The van der Waals surface area contributed by atoms with E-state index in [-0.39, 0.29) is 23.8 Å². The minimum Gasteiger partial charge on any atom is -0.497 e. The minimum absolute atomic E-state index is 0.0388. The Morgan fingerprint density at radius 2 is 1.90 bits per heavy atom. The first-order valence-corrected chi connectivity index (χ1v) is 10.4. The molecule has 152 valence electrons. The van der Waals surface area contributed by atoms with Gasteiger partial charge in [-0.05, 0) is 30.3 Å². The first kappa shape index (κ1) is 17.7. The molecule has 0 aromatic heterocycles. The summed E-state index contributed by atoms with van der Waals surface area (Å²) >= 11 is 0. The Kier molecular flexibility index (Phi) is 3.48. The number of methoxy groups -OCH3 is 1. The fraction of sp³-hybridized carbons (Fsp3) is 0.348. The highest BCUT2D eigenvalue weighted by Crippen LogP contribution is 2.52. The van der Waals surface area contributed by atoms with Gasteiger partial charge in [0.15, 0.2) is 0 Å². The Hall–Kier alpha value is -3.19. The molecular weight excluding hydrogens is 382 g/mol. The van der Waals surface area contributed by atoms with Crippen molar-refractivity contribution >= 4 is 29.1 Å². The van der Waals surface area contributed by atoms with E-state index in [1.54, 1.807) is 25.3 Å². The number of anilines is 2. The molecule has 4 aliphatic heterocycles. The fourth-order valence-electron chi connectivity index (χ4n) is 6.40. The van der Waals surface area contributed by atoms with Gasteiger partial charge in [0.25, 0.3) is 5.91 Å². The van der Waals surface area contributed by atoms with Gasteiger partial charge in [0.1, 0.15) is 23.6 Å². The lowest BCUT2D eigenvalue weighted by Crippen LogP contribution is -3.19.